The van der Waals surface area contributed by atoms with E-state index in [1.807, 2.05) is 27.7 Å². The molecule has 1 rings (SSSR count). The van der Waals surface area contributed by atoms with E-state index in [0.29, 0.717) is 0 Å². The van der Waals surface area contributed by atoms with Crippen molar-refractivity contribution in [2.24, 2.45) is 0 Å². The summed E-state index contributed by atoms with van der Waals surface area (Å²) in [6.07, 6.45) is 1.95. The number of alkyl halides is 2. The fraction of sp³-hybridized carbons (Fsp3) is 1.00. The topological polar surface area (TPSA) is 18.5 Å². The van der Waals surface area contributed by atoms with Gasteiger partial charge in [-0.1, -0.05) is 15.9 Å². The molecule has 0 radical (unpaired) electrons. The predicted octanol–water partition coefficient (Wildman–Crippen LogP) is 3.40. The lowest BCUT2D eigenvalue weighted by Gasteiger charge is -2.32. The molecular weight excluding hydrogens is 278 g/mol. The average Bonchev–Trinajstić information content (AvgIpc) is 2.32. The Morgan fingerprint density at radius 2 is 1.67 bits per heavy atom. The van der Waals surface area contributed by atoms with Crippen LogP contribution in [0.25, 0.3) is 0 Å². The van der Waals surface area contributed by atoms with E-state index in [1.54, 1.807) is 0 Å². The minimum Gasteiger partial charge on any atom is -0.402 e. The van der Waals surface area contributed by atoms with E-state index in [2.05, 4.69) is 15.9 Å². The van der Waals surface area contributed by atoms with Crippen LogP contribution in [-0.2, 0) is 9.31 Å². The molecule has 1 aliphatic heterocycles. The van der Waals surface area contributed by atoms with E-state index in [-0.39, 0.29) is 23.6 Å². The molecule has 2 nitrogen and oxygen atoms in total. The second-order valence-electron chi connectivity index (χ2n) is 4.97. The molecule has 0 amide bonds. The minimum atomic E-state index is -0.282. The molecule has 0 bridgehead atoms. The van der Waals surface area contributed by atoms with Gasteiger partial charge in [-0.3, -0.25) is 0 Å². The van der Waals surface area contributed by atoms with Gasteiger partial charge in [0.25, 0.3) is 0 Å². The number of hydrogen-bond acceptors (Lipinski definition) is 2. The molecule has 0 aromatic heterocycles. The van der Waals surface area contributed by atoms with Gasteiger partial charge in [0, 0.05) is 5.33 Å². The molecule has 88 valence electrons. The summed E-state index contributed by atoms with van der Waals surface area (Å²) in [7, 11) is -0.282. The van der Waals surface area contributed by atoms with Crippen molar-refractivity contribution in [2.45, 2.75) is 57.0 Å². The molecule has 1 aliphatic rings. The summed E-state index contributed by atoms with van der Waals surface area (Å²) in [6.45, 7) is 8.17. The molecule has 0 saturated carbocycles. The Kier molecular flexibility index (Phi) is 4.56. The van der Waals surface area contributed by atoms with Crippen molar-refractivity contribution in [3.8, 4) is 0 Å². The number of rotatable bonds is 4. The van der Waals surface area contributed by atoms with Crippen LogP contribution in [0.3, 0.4) is 0 Å². The van der Waals surface area contributed by atoms with Crippen LogP contribution in [0.15, 0.2) is 0 Å². The van der Waals surface area contributed by atoms with Crippen LogP contribution in [0, 0.1) is 0 Å². The lowest BCUT2D eigenvalue weighted by atomic mass is 9.82. The first-order chi connectivity index (χ1) is 6.80. The first kappa shape index (κ1) is 13.8. The van der Waals surface area contributed by atoms with Gasteiger partial charge in [0.1, 0.15) is 0 Å². The Bertz CT molecular complexity index is 207. The van der Waals surface area contributed by atoms with Gasteiger partial charge >= 0.3 is 7.12 Å². The molecule has 0 aliphatic carbocycles. The van der Waals surface area contributed by atoms with Gasteiger partial charge in [0.2, 0.25) is 0 Å². The molecule has 0 spiro atoms. The highest BCUT2D eigenvalue weighted by Crippen LogP contribution is 2.38. The van der Waals surface area contributed by atoms with E-state index in [1.165, 1.54) is 0 Å². The molecule has 0 aromatic rings. The maximum atomic E-state index is 6.25. The third kappa shape index (κ3) is 3.12. The Morgan fingerprint density at radius 3 is 2.07 bits per heavy atom. The Hall–Kier alpha value is 0.755. The SMILES string of the molecule is CC1(C)OB([C@@H](Cl)CCCBr)OC1(C)C. The number of halogens is 2. The van der Waals surface area contributed by atoms with E-state index in [4.69, 9.17) is 20.9 Å². The molecule has 15 heavy (non-hydrogen) atoms. The van der Waals surface area contributed by atoms with Crippen molar-refractivity contribution >= 4 is 34.6 Å². The maximum absolute atomic E-state index is 6.25. The van der Waals surface area contributed by atoms with E-state index in [0.717, 1.165) is 18.2 Å². The second kappa shape index (κ2) is 4.95. The van der Waals surface area contributed by atoms with Crippen LogP contribution in [0.2, 0.25) is 0 Å². The van der Waals surface area contributed by atoms with Gasteiger partial charge in [-0.2, -0.15) is 0 Å². The van der Waals surface area contributed by atoms with Gasteiger partial charge in [-0.05, 0) is 40.5 Å². The quantitative estimate of drug-likeness (QED) is 0.585. The highest BCUT2D eigenvalue weighted by molar-refractivity contribution is 9.09. The van der Waals surface area contributed by atoms with Crippen LogP contribution in [0.4, 0.5) is 0 Å². The molecule has 0 aromatic carbocycles. The van der Waals surface area contributed by atoms with Gasteiger partial charge in [0.05, 0.1) is 16.5 Å². The summed E-state index contributed by atoms with van der Waals surface area (Å²) in [6, 6.07) is 0. The first-order valence-electron chi connectivity index (χ1n) is 5.36. The molecule has 1 atom stereocenters. The molecule has 0 N–H and O–H groups in total. The summed E-state index contributed by atoms with van der Waals surface area (Å²) in [5.41, 5.74) is -0.557. The summed E-state index contributed by atoms with van der Waals surface area (Å²) in [4.78, 5) is 0. The minimum absolute atomic E-state index is 0.0661. The predicted molar refractivity (Wildman–Crippen MR) is 68.8 cm³/mol. The monoisotopic (exact) mass is 296 g/mol. The largest absolute Gasteiger partial charge is 0.476 e. The second-order valence-corrected chi connectivity index (χ2v) is 6.33. The average molecular weight is 297 g/mol. The molecule has 1 saturated heterocycles. The summed E-state index contributed by atoms with van der Waals surface area (Å²) >= 11 is 9.64. The molecule has 0 unspecified atom stereocenters. The zero-order chi connectivity index (χ0) is 11.7. The summed E-state index contributed by atoms with van der Waals surface area (Å²) in [5, 5.41) is 0.902. The van der Waals surface area contributed by atoms with Crippen molar-refractivity contribution in [3.63, 3.8) is 0 Å². The third-order valence-electron chi connectivity index (χ3n) is 3.18. The lowest BCUT2D eigenvalue weighted by molar-refractivity contribution is 0.00578. The normalized spacial score (nSPS) is 25.6. The Labute approximate surface area is 106 Å². The summed E-state index contributed by atoms with van der Waals surface area (Å²) < 4.78 is 11.7. The highest BCUT2D eigenvalue weighted by atomic mass is 79.9. The smallest absolute Gasteiger partial charge is 0.402 e. The summed E-state index contributed by atoms with van der Waals surface area (Å²) in [5.74, 6) is 0. The number of hydrogen-bond donors (Lipinski definition) is 0. The Balaban J connectivity index is 2.54. The van der Waals surface area contributed by atoms with E-state index < -0.39 is 0 Å². The fourth-order valence-electron chi connectivity index (χ4n) is 1.44. The Morgan fingerprint density at radius 1 is 1.20 bits per heavy atom. The third-order valence-corrected chi connectivity index (χ3v) is 4.17. The maximum Gasteiger partial charge on any atom is 0.476 e. The van der Waals surface area contributed by atoms with Gasteiger partial charge in [0.15, 0.2) is 0 Å². The zero-order valence-corrected chi connectivity index (χ0v) is 12.2. The van der Waals surface area contributed by atoms with Gasteiger partial charge in [-0.25, -0.2) is 0 Å². The van der Waals surface area contributed by atoms with Crippen LogP contribution in [-0.4, -0.2) is 28.9 Å². The van der Waals surface area contributed by atoms with Crippen LogP contribution < -0.4 is 0 Å². The highest BCUT2D eigenvalue weighted by Gasteiger charge is 2.53. The van der Waals surface area contributed by atoms with Crippen molar-refractivity contribution in [2.75, 3.05) is 5.33 Å². The fourth-order valence-corrected chi connectivity index (χ4v) is 2.03. The van der Waals surface area contributed by atoms with Crippen LogP contribution >= 0.6 is 27.5 Å². The van der Waals surface area contributed by atoms with E-state index >= 15 is 0 Å². The molecule has 1 heterocycles. The first-order valence-corrected chi connectivity index (χ1v) is 6.91. The van der Waals surface area contributed by atoms with Crippen molar-refractivity contribution < 1.29 is 9.31 Å². The molecular formula is C10H19BBrClO2. The zero-order valence-electron chi connectivity index (χ0n) is 9.85. The van der Waals surface area contributed by atoms with Gasteiger partial charge < -0.3 is 9.31 Å². The van der Waals surface area contributed by atoms with Crippen LogP contribution in [0.1, 0.15) is 40.5 Å². The standard InChI is InChI=1S/C10H19BBrClO2/c1-9(2)10(3,4)15-11(14-9)8(13)6-5-7-12/h8H,5-7H2,1-4H3/t8-/m0/s1. The van der Waals surface area contributed by atoms with Crippen LogP contribution in [0.5, 0.6) is 0 Å². The van der Waals surface area contributed by atoms with E-state index in [9.17, 15) is 0 Å². The van der Waals surface area contributed by atoms with Crippen molar-refractivity contribution in [1.29, 1.82) is 0 Å². The molecule has 5 heteroatoms. The lowest BCUT2D eigenvalue weighted by Crippen LogP contribution is -2.41. The van der Waals surface area contributed by atoms with Crippen molar-refractivity contribution in [3.05, 3.63) is 0 Å². The molecule has 1 fully saturated rings. The van der Waals surface area contributed by atoms with Crippen molar-refractivity contribution in [1.82, 2.24) is 0 Å². The van der Waals surface area contributed by atoms with Gasteiger partial charge in [-0.15, -0.1) is 11.6 Å².